The molecule has 0 aromatic heterocycles. The fraction of sp³-hybridized carbons (Fsp3) is 0.500. The van der Waals surface area contributed by atoms with Crippen LogP contribution in [-0.4, -0.2) is 5.75 Å². The summed E-state index contributed by atoms with van der Waals surface area (Å²) in [6.45, 7) is 7.12. The average molecular weight is 246 g/mol. The summed E-state index contributed by atoms with van der Waals surface area (Å²) in [4.78, 5) is 1.38. The molecule has 0 unspecified atom stereocenters. The zero-order valence-corrected chi connectivity index (χ0v) is 11.9. The minimum Gasteiger partial charge on any atom is -0.122 e. The van der Waals surface area contributed by atoms with Gasteiger partial charge in [-0.15, -0.1) is 11.8 Å². The normalized spacial score (nSPS) is 19.5. The standard InChI is InChI=1S/C16H22S/c1-13-8-7-11-16(2,3)15(13)12-17-14-9-5-4-6-10-14/h4-6,9-10H,7-8,11-12H2,1-3H3. The highest BCUT2D eigenvalue weighted by Gasteiger charge is 2.27. The van der Waals surface area contributed by atoms with Gasteiger partial charge in [0.2, 0.25) is 0 Å². The summed E-state index contributed by atoms with van der Waals surface area (Å²) in [5.74, 6) is 1.16. The second-order valence-corrected chi connectivity index (χ2v) is 6.65. The van der Waals surface area contributed by atoms with Crippen molar-refractivity contribution in [1.29, 1.82) is 0 Å². The van der Waals surface area contributed by atoms with Gasteiger partial charge in [0, 0.05) is 10.6 Å². The first-order valence-electron chi connectivity index (χ1n) is 6.46. The lowest BCUT2D eigenvalue weighted by atomic mass is 9.73. The van der Waals surface area contributed by atoms with Gasteiger partial charge in [-0.25, -0.2) is 0 Å². The highest BCUT2D eigenvalue weighted by Crippen LogP contribution is 2.42. The maximum atomic E-state index is 2.40. The Morgan fingerprint density at radius 3 is 2.53 bits per heavy atom. The molecule has 0 spiro atoms. The molecule has 92 valence electrons. The quantitative estimate of drug-likeness (QED) is 0.515. The van der Waals surface area contributed by atoms with E-state index in [1.54, 1.807) is 11.1 Å². The van der Waals surface area contributed by atoms with Crippen LogP contribution in [0.3, 0.4) is 0 Å². The second kappa shape index (κ2) is 5.30. The van der Waals surface area contributed by atoms with Gasteiger partial charge in [0.25, 0.3) is 0 Å². The van der Waals surface area contributed by atoms with E-state index in [1.165, 1.54) is 24.2 Å². The molecule has 0 saturated heterocycles. The number of hydrogen-bond acceptors (Lipinski definition) is 1. The fourth-order valence-corrected chi connectivity index (χ4v) is 3.96. The van der Waals surface area contributed by atoms with Crippen LogP contribution in [0.2, 0.25) is 0 Å². The van der Waals surface area contributed by atoms with Crippen LogP contribution in [-0.2, 0) is 0 Å². The zero-order valence-electron chi connectivity index (χ0n) is 11.1. The van der Waals surface area contributed by atoms with Gasteiger partial charge in [-0.2, -0.15) is 0 Å². The monoisotopic (exact) mass is 246 g/mol. The van der Waals surface area contributed by atoms with E-state index in [0.29, 0.717) is 5.41 Å². The minimum absolute atomic E-state index is 0.407. The first-order chi connectivity index (χ1) is 8.09. The third-order valence-corrected chi connectivity index (χ3v) is 4.85. The predicted octanol–water partition coefficient (Wildman–Crippen LogP) is 5.31. The van der Waals surface area contributed by atoms with Gasteiger partial charge < -0.3 is 0 Å². The van der Waals surface area contributed by atoms with Crippen molar-refractivity contribution in [3.05, 3.63) is 41.5 Å². The summed E-state index contributed by atoms with van der Waals surface area (Å²) < 4.78 is 0. The largest absolute Gasteiger partial charge is 0.122 e. The van der Waals surface area contributed by atoms with Crippen molar-refractivity contribution in [2.24, 2.45) is 5.41 Å². The lowest BCUT2D eigenvalue weighted by Crippen LogP contribution is -2.21. The molecule has 0 fully saturated rings. The van der Waals surface area contributed by atoms with E-state index < -0.39 is 0 Å². The molecule has 0 radical (unpaired) electrons. The maximum absolute atomic E-state index is 2.40. The van der Waals surface area contributed by atoms with Gasteiger partial charge in [-0.3, -0.25) is 0 Å². The minimum atomic E-state index is 0.407. The first kappa shape index (κ1) is 12.8. The Kier molecular flexibility index (Phi) is 3.98. The van der Waals surface area contributed by atoms with Gasteiger partial charge in [0.15, 0.2) is 0 Å². The first-order valence-corrected chi connectivity index (χ1v) is 7.45. The Hall–Kier alpha value is -0.690. The molecule has 1 heteroatoms. The van der Waals surface area contributed by atoms with Crippen molar-refractivity contribution in [2.45, 2.75) is 44.9 Å². The highest BCUT2D eigenvalue weighted by atomic mass is 32.2. The van der Waals surface area contributed by atoms with Crippen molar-refractivity contribution in [3.63, 3.8) is 0 Å². The molecule has 0 atom stereocenters. The van der Waals surface area contributed by atoms with Gasteiger partial charge in [-0.1, -0.05) is 43.2 Å². The molecule has 0 heterocycles. The van der Waals surface area contributed by atoms with Gasteiger partial charge in [0.1, 0.15) is 0 Å². The molecule has 1 aliphatic rings. The van der Waals surface area contributed by atoms with E-state index in [1.807, 2.05) is 11.8 Å². The van der Waals surface area contributed by atoms with E-state index in [9.17, 15) is 0 Å². The number of allylic oxidation sites excluding steroid dienone is 1. The van der Waals surface area contributed by atoms with E-state index in [4.69, 9.17) is 0 Å². The van der Waals surface area contributed by atoms with E-state index in [2.05, 4.69) is 51.1 Å². The molecule has 0 aliphatic heterocycles. The summed E-state index contributed by atoms with van der Waals surface area (Å²) in [5, 5.41) is 0. The third kappa shape index (κ3) is 3.16. The molecule has 0 saturated carbocycles. The molecule has 1 aliphatic carbocycles. The molecule has 2 rings (SSSR count). The van der Waals surface area contributed by atoms with Crippen LogP contribution in [0.5, 0.6) is 0 Å². The van der Waals surface area contributed by atoms with Crippen LogP contribution in [0, 0.1) is 5.41 Å². The lowest BCUT2D eigenvalue weighted by molar-refractivity contribution is 0.369. The zero-order chi connectivity index (χ0) is 12.3. The maximum Gasteiger partial charge on any atom is 0.0198 e. The van der Waals surface area contributed by atoms with Crippen LogP contribution < -0.4 is 0 Å². The molecule has 1 aromatic rings. The Balaban J connectivity index is 2.07. The average Bonchev–Trinajstić information content (AvgIpc) is 2.29. The van der Waals surface area contributed by atoms with Crippen LogP contribution in [0.1, 0.15) is 40.0 Å². The Morgan fingerprint density at radius 2 is 1.88 bits per heavy atom. The van der Waals surface area contributed by atoms with Crippen molar-refractivity contribution in [3.8, 4) is 0 Å². The lowest BCUT2D eigenvalue weighted by Gasteiger charge is -2.34. The predicted molar refractivity (Wildman–Crippen MR) is 77.5 cm³/mol. The molecule has 0 amide bonds. The van der Waals surface area contributed by atoms with Gasteiger partial charge in [0.05, 0.1) is 0 Å². The van der Waals surface area contributed by atoms with Gasteiger partial charge in [-0.05, 0) is 43.7 Å². The third-order valence-electron chi connectivity index (χ3n) is 3.81. The Morgan fingerprint density at radius 1 is 1.18 bits per heavy atom. The molecular weight excluding hydrogens is 224 g/mol. The highest BCUT2D eigenvalue weighted by molar-refractivity contribution is 7.99. The molecule has 17 heavy (non-hydrogen) atoms. The van der Waals surface area contributed by atoms with E-state index in [0.717, 1.165) is 5.75 Å². The number of hydrogen-bond donors (Lipinski definition) is 0. The number of benzene rings is 1. The SMILES string of the molecule is CC1=C(CSc2ccccc2)C(C)(C)CCC1. The topological polar surface area (TPSA) is 0 Å². The molecular formula is C16H22S. The van der Waals surface area contributed by atoms with Crippen LogP contribution in [0.4, 0.5) is 0 Å². The summed E-state index contributed by atoms with van der Waals surface area (Å²) in [7, 11) is 0. The summed E-state index contributed by atoms with van der Waals surface area (Å²) in [6.07, 6.45) is 4.00. The molecule has 1 aromatic carbocycles. The van der Waals surface area contributed by atoms with Crippen molar-refractivity contribution in [2.75, 3.05) is 5.75 Å². The Labute approximate surface area is 110 Å². The number of rotatable bonds is 3. The number of thioether (sulfide) groups is 1. The summed E-state index contributed by atoms with van der Waals surface area (Å²) >= 11 is 1.98. The van der Waals surface area contributed by atoms with E-state index >= 15 is 0 Å². The summed E-state index contributed by atoms with van der Waals surface area (Å²) in [6, 6.07) is 10.7. The van der Waals surface area contributed by atoms with E-state index in [-0.39, 0.29) is 0 Å². The fourth-order valence-electron chi connectivity index (χ4n) is 2.67. The van der Waals surface area contributed by atoms with Crippen molar-refractivity contribution in [1.82, 2.24) is 0 Å². The van der Waals surface area contributed by atoms with Crippen molar-refractivity contribution >= 4 is 11.8 Å². The molecule has 0 nitrogen and oxygen atoms in total. The summed E-state index contributed by atoms with van der Waals surface area (Å²) in [5.41, 5.74) is 3.71. The van der Waals surface area contributed by atoms with Crippen LogP contribution >= 0.6 is 11.8 Å². The molecule has 0 N–H and O–H groups in total. The Bertz CT molecular complexity index is 401. The van der Waals surface area contributed by atoms with Crippen LogP contribution in [0.15, 0.2) is 46.4 Å². The smallest absolute Gasteiger partial charge is 0.0198 e. The second-order valence-electron chi connectivity index (χ2n) is 5.60. The molecule has 0 bridgehead atoms. The van der Waals surface area contributed by atoms with Crippen molar-refractivity contribution < 1.29 is 0 Å². The van der Waals surface area contributed by atoms with Gasteiger partial charge >= 0.3 is 0 Å². The van der Waals surface area contributed by atoms with Crippen LogP contribution in [0.25, 0.3) is 0 Å².